The fourth-order valence-corrected chi connectivity index (χ4v) is 5.49. The van der Waals surface area contributed by atoms with Crippen LogP contribution in [0.3, 0.4) is 0 Å². The van der Waals surface area contributed by atoms with Gasteiger partial charge < -0.3 is 75.4 Å². The number of rotatable bonds is 11. The molecule has 3 heterocycles. The molecule has 0 aliphatic carbocycles. The van der Waals surface area contributed by atoms with Crippen LogP contribution in [-0.2, 0) is 42.9 Å². The lowest BCUT2D eigenvalue weighted by molar-refractivity contribution is -0.359. The maximum atomic E-state index is 12.5. The number of aliphatic hydroxyl groups is 6. The third kappa shape index (κ3) is 7.80. The lowest BCUT2D eigenvalue weighted by Gasteiger charge is -2.49. The topological polar surface area (TPSA) is 292 Å². The molecule has 0 unspecified atom stereocenters. The fourth-order valence-electron chi connectivity index (χ4n) is 5.49. The van der Waals surface area contributed by atoms with Gasteiger partial charge in [0.15, 0.2) is 12.6 Å². The second-order valence-corrected chi connectivity index (χ2v) is 11.1. The zero-order valence-corrected chi connectivity index (χ0v) is 24.4. The van der Waals surface area contributed by atoms with Gasteiger partial charge in [-0.1, -0.05) is 0 Å². The number of amides is 3. The van der Waals surface area contributed by atoms with Crippen molar-refractivity contribution in [2.45, 2.75) is 126 Å². The number of ether oxygens (including phenoxy) is 5. The number of hydrogen-bond donors (Lipinski definition) is 10. The Morgan fingerprint density at radius 3 is 2.16 bits per heavy atom. The lowest BCUT2D eigenvalue weighted by Crippen LogP contribution is -2.71. The highest BCUT2D eigenvalue weighted by molar-refractivity contribution is 5.76. The molecule has 3 rings (SSSR count). The molecule has 252 valence electrons. The van der Waals surface area contributed by atoms with E-state index in [9.17, 15) is 54.9 Å². The van der Waals surface area contributed by atoms with Crippen molar-refractivity contribution in [3.63, 3.8) is 0 Å². The minimum Gasteiger partial charge on any atom is -0.477 e. The first-order chi connectivity index (χ1) is 20.5. The second kappa shape index (κ2) is 14.7. The molecule has 3 fully saturated rings. The van der Waals surface area contributed by atoms with Crippen LogP contribution in [-0.4, -0.2) is 158 Å². The minimum absolute atomic E-state index is 0.205. The van der Waals surface area contributed by atoms with Crippen LogP contribution < -0.4 is 16.0 Å². The van der Waals surface area contributed by atoms with E-state index < -0.39 is 122 Å². The highest BCUT2D eigenvalue weighted by Gasteiger charge is 2.58. The highest BCUT2D eigenvalue weighted by Crippen LogP contribution is 2.36. The van der Waals surface area contributed by atoms with Crippen LogP contribution in [0.2, 0.25) is 0 Å². The number of carbonyl (C=O) groups is 4. The molecule has 0 aromatic rings. The van der Waals surface area contributed by atoms with Crippen LogP contribution in [0.25, 0.3) is 0 Å². The first kappa shape index (κ1) is 35.9. The van der Waals surface area contributed by atoms with E-state index in [-0.39, 0.29) is 6.41 Å². The summed E-state index contributed by atoms with van der Waals surface area (Å²) in [5.74, 6) is -5.76. The third-order valence-corrected chi connectivity index (χ3v) is 7.67. The summed E-state index contributed by atoms with van der Waals surface area (Å²) in [6, 6.07) is -3.96. The van der Waals surface area contributed by atoms with Crippen molar-refractivity contribution in [3.05, 3.63) is 0 Å². The molecule has 0 saturated carbocycles. The molecule has 44 heavy (non-hydrogen) atoms. The van der Waals surface area contributed by atoms with Crippen LogP contribution in [0.5, 0.6) is 0 Å². The maximum absolute atomic E-state index is 12.5. The van der Waals surface area contributed by atoms with Crippen LogP contribution in [0.15, 0.2) is 0 Å². The van der Waals surface area contributed by atoms with Crippen molar-refractivity contribution in [2.24, 2.45) is 0 Å². The summed E-state index contributed by atoms with van der Waals surface area (Å²) < 4.78 is 27.8. The molecule has 19 heteroatoms. The average Bonchev–Trinajstić information content (AvgIpc) is 2.92. The van der Waals surface area contributed by atoms with E-state index in [0.29, 0.717) is 0 Å². The number of nitrogens with one attached hydrogen (secondary N) is 3. The number of carboxylic acids is 1. The van der Waals surface area contributed by atoms with Gasteiger partial charge in [-0.2, -0.15) is 0 Å². The largest absolute Gasteiger partial charge is 0.477 e. The van der Waals surface area contributed by atoms with E-state index in [1.54, 1.807) is 0 Å². The summed E-state index contributed by atoms with van der Waals surface area (Å²) in [6.45, 7) is 4.31. The smallest absolute Gasteiger partial charge is 0.364 e. The molecule has 0 bridgehead atoms. The third-order valence-electron chi connectivity index (χ3n) is 7.67. The molecule has 0 radical (unpaired) electrons. The van der Waals surface area contributed by atoms with E-state index in [0.717, 1.165) is 13.8 Å². The highest BCUT2D eigenvalue weighted by atomic mass is 16.8. The molecular weight excluding hydrogens is 598 g/mol. The van der Waals surface area contributed by atoms with Gasteiger partial charge in [-0.15, -0.1) is 0 Å². The summed E-state index contributed by atoms with van der Waals surface area (Å²) in [4.78, 5) is 47.3. The van der Waals surface area contributed by atoms with Gasteiger partial charge in [-0.3, -0.25) is 14.4 Å². The van der Waals surface area contributed by atoms with E-state index in [1.807, 2.05) is 0 Å². The molecule has 3 aliphatic rings. The van der Waals surface area contributed by atoms with Gasteiger partial charge in [0.2, 0.25) is 18.2 Å². The van der Waals surface area contributed by atoms with E-state index in [2.05, 4.69) is 16.0 Å². The summed E-state index contributed by atoms with van der Waals surface area (Å²) in [7, 11) is 0. The van der Waals surface area contributed by atoms with Crippen LogP contribution in [0.4, 0.5) is 0 Å². The number of carbonyl (C=O) groups excluding carboxylic acids is 3. The van der Waals surface area contributed by atoms with Crippen molar-refractivity contribution < 1.29 is 78.6 Å². The summed E-state index contributed by atoms with van der Waals surface area (Å²) in [5, 5.41) is 81.1. The van der Waals surface area contributed by atoms with Crippen molar-refractivity contribution >= 4 is 24.2 Å². The quantitative estimate of drug-likeness (QED) is 0.0943. The van der Waals surface area contributed by atoms with Crippen molar-refractivity contribution in [3.8, 4) is 0 Å². The second-order valence-electron chi connectivity index (χ2n) is 11.1. The van der Waals surface area contributed by atoms with Crippen LogP contribution in [0, 0.1) is 0 Å². The van der Waals surface area contributed by atoms with Gasteiger partial charge in [-0.05, 0) is 13.8 Å². The average molecular weight is 640 g/mol. The Balaban J connectivity index is 1.83. The van der Waals surface area contributed by atoms with Crippen LogP contribution in [0.1, 0.15) is 34.1 Å². The molecule has 3 amide bonds. The first-order valence-corrected chi connectivity index (χ1v) is 13.9. The Kier molecular flexibility index (Phi) is 12.0. The minimum atomic E-state index is -2.74. The van der Waals surface area contributed by atoms with E-state index in [1.165, 1.54) is 13.8 Å². The zero-order chi connectivity index (χ0) is 33.1. The summed E-state index contributed by atoms with van der Waals surface area (Å²) >= 11 is 0. The van der Waals surface area contributed by atoms with Gasteiger partial charge in [0.25, 0.3) is 5.79 Å². The van der Waals surface area contributed by atoms with Gasteiger partial charge in [0.05, 0.1) is 37.0 Å². The molecule has 0 aromatic carbocycles. The zero-order valence-electron chi connectivity index (χ0n) is 24.4. The monoisotopic (exact) mass is 639 g/mol. The maximum Gasteiger partial charge on any atom is 0.364 e. The van der Waals surface area contributed by atoms with Gasteiger partial charge >= 0.3 is 5.97 Å². The van der Waals surface area contributed by atoms with Crippen molar-refractivity contribution in [1.29, 1.82) is 0 Å². The summed E-state index contributed by atoms with van der Waals surface area (Å²) in [5.41, 5.74) is 0. The first-order valence-electron chi connectivity index (χ1n) is 13.9. The standard InChI is InChI=1S/C25H41N3O16/c1-8(30)14(26-7-29)20-15(27-10(3)31)12(33)5-25(44-20,24(38)39)43-13-6-40-23(19(36)18(13)35)42-21-16(28-11(4)32)22(37)41-9(2)17(21)34/h7-9,12-23,30,33-37H,5-6H2,1-4H3,(H,26,29)(H,27,31)(H,28,32)(H,38,39)/t8-,9-,12-,13-,14-,15-,16-,17+,18+,19-,20-,21-,22-,23+,25-/m1/s1. The molecule has 3 saturated heterocycles. The lowest BCUT2D eigenvalue weighted by atomic mass is 9.87. The molecule has 0 spiro atoms. The molecule has 19 nitrogen and oxygen atoms in total. The Hall–Kier alpha value is -2.56. The predicted octanol–water partition coefficient (Wildman–Crippen LogP) is -5.63. The Morgan fingerprint density at radius 1 is 1.00 bits per heavy atom. The van der Waals surface area contributed by atoms with Crippen molar-refractivity contribution in [1.82, 2.24) is 16.0 Å². The number of hydrogen-bond acceptors (Lipinski definition) is 15. The number of aliphatic carboxylic acids is 1. The predicted molar refractivity (Wildman–Crippen MR) is 140 cm³/mol. The van der Waals surface area contributed by atoms with Gasteiger partial charge in [0.1, 0.15) is 42.7 Å². The Labute approximate surface area is 251 Å². The van der Waals surface area contributed by atoms with Crippen LogP contribution >= 0.6 is 0 Å². The Morgan fingerprint density at radius 2 is 1.61 bits per heavy atom. The van der Waals surface area contributed by atoms with Gasteiger partial charge in [0, 0.05) is 20.3 Å². The molecule has 15 atom stereocenters. The normalized spacial score (nSPS) is 42.4. The van der Waals surface area contributed by atoms with Gasteiger partial charge in [-0.25, -0.2) is 4.79 Å². The Bertz CT molecular complexity index is 1040. The fraction of sp³-hybridized carbons (Fsp3) is 0.840. The molecular formula is C25H41N3O16. The number of carboxylic acid groups (broad SMARTS) is 1. The van der Waals surface area contributed by atoms with E-state index >= 15 is 0 Å². The molecule has 0 aromatic heterocycles. The summed E-state index contributed by atoms with van der Waals surface area (Å²) in [6.07, 6.45) is -17.8. The van der Waals surface area contributed by atoms with Crippen molar-refractivity contribution in [2.75, 3.05) is 6.61 Å². The number of aliphatic hydroxyl groups excluding tert-OH is 6. The molecule has 3 aliphatic heterocycles. The SMILES string of the molecule is CC(=O)N[C@@H]1[C@@H](O[C@@H]2OC[C@@H](O[C@]3(C(=O)O)C[C@@H](O)[C@@H](NC(C)=O)[C@@H]([C@H](NC=O)[C@@H](C)O)O3)[C@H](O)[C@H]2O)[C@@H](O)[C@@H](C)O[C@H]1O. The molecule has 10 N–H and O–H groups in total. The van der Waals surface area contributed by atoms with E-state index in [4.69, 9.17) is 23.7 Å².